The van der Waals surface area contributed by atoms with Crippen molar-refractivity contribution in [1.29, 1.82) is 0 Å². The quantitative estimate of drug-likeness (QED) is 0.784. The molecule has 1 rings (SSSR count). The molecule has 5 heteroatoms. The first kappa shape index (κ1) is 14.7. The van der Waals surface area contributed by atoms with Crippen LogP contribution in [0.25, 0.3) is 0 Å². The first-order valence-electron chi connectivity index (χ1n) is 5.77. The molecule has 0 aliphatic carbocycles. The zero-order chi connectivity index (χ0) is 13.4. The van der Waals surface area contributed by atoms with Gasteiger partial charge in [-0.25, -0.2) is 0 Å². The highest BCUT2D eigenvalue weighted by Gasteiger charge is 2.04. The second-order valence-electron chi connectivity index (χ2n) is 3.91. The van der Waals surface area contributed by atoms with Gasteiger partial charge in [0.05, 0.1) is 24.1 Å². The molecule has 0 aromatic carbocycles. The lowest BCUT2D eigenvalue weighted by Crippen LogP contribution is -2.27. The van der Waals surface area contributed by atoms with Crippen molar-refractivity contribution in [2.24, 2.45) is 5.73 Å². The fourth-order valence-corrected chi connectivity index (χ4v) is 1.98. The van der Waals surface area contributed by atoms with E-state index in [2.05, 4.69) is 17.2 Å². The molecule has 1 aromatic rings. The predicted molar refractivity (Wildman–Crippen MR) is 73.2 cm³/mol. The van der Waals surface area contributed by atoms with Gasteiger partial charge in [0.2, 0.25) is 5.91 Å². The third-order valence-electron chi connectivity index (χ3n) is 1.98. The molecule has 0 unspecified atom stereocenters. The minimum atomic E-state index is -0.105. The zero-order valence-electron chi connectivity index (χ0n) is 10.7. The summed E-state index contributed by atoms with van der Waals surface area (Å²) in [7, 11) is 0. The minimum absolute atomic E-state index is 0.0654. The van der Waals surface area contributed by atoms with E-state index in [-0.39, 0.29) is 18.6 Å². The molecule has 0 saturated carbocycles. The Morgan fingerprint density at radius 1 is 1.56 bits per heavy atom. The first-order chi connectivity index (χ1) is 8.61. The van der Waals surface area contributed by atoms with Crippen molar-refractivity contribution in [2.45, 2.75) is 26.5 Å². The Morgan fingerprint density at radius 2 is 2.33 bits per heavy atom. The van der Waals surface area contributed by atoms with Gasteiger partial charge in [-0.15, -0.1) is 11.3 Å². The molecule has 0 atom stereocenters. The maximum Gasteiger partial charge on any atom is 0.246 e. The Morgan fingerprint density at radius 3 is 3.00 bits per heavy atom. The molecular formula is C13H18N2O2S. The van der Waals surface area contributed by atoms with E-state index >= 15 is 0 Å². The lowest BCUT2D eigenvalue weighted by molar-refractivity contribution is -0.127. The second-order valence-corrected chi connectivity index (χ2v) is 5.08. The maximum atomic E-state index is 11.4. The molecule has 1 amide bonds. The third-order valence-corrected chi connectivity index (χ3v) is 2.98. The fourth-order valence-electron chi connectivity index (χ4n) is 1.16. The van der Waals surface area contributed by atoms with Crippen LogP contribution in [0.3, 0.4) is 0 Å². The standard InChI is InChI=1S/C13H18N2O2S/c1-10(2)17-9-13(16)15-8-12-6-5-11(18-12)4-3-7-14/h5-6,10H,7-9,14H2,1-2H3,(H,15,16). The van der Waals surface area contributed by atoms with E-state index in [1.54, 1.807) is 11.3 Å². The van der Waals surface area contributed by atoms with E-state index in [0.717, 1.165) is 9.75 Å². The molecule has 0 bridgehead atoms. The lowest BCUT2D eigenvalue weighted by atomic mass is 10.4. The van der Waals surface area contributed by atoms with Crippen molar-refractivity contribution >= 4 is 17.2 Å². The van der Waals surface area contributed by atoms with E-state index in [0.29, 0.717) is 13.1 Å². The number of rotatable bonds is 5. The number of nitrogens with one attached hydrogen (secondary N) is 1. The lowest BCUT2D eigenvalue weighted by Gasteiger charge is -2.07. The number of nitrogens with two attached hydrogens (primary N) is 1. The minimum Gasteiger partial charge on any atom is -0.369 e. The van der Waals surface area contributed by atoms with E-state index in [1.165, 1.54) is 0 Å². The van der Waals surface area contributed by atoms with Gasteiger partial charge >= 0.3 is 0 Å². The molecule has 0 aliphatic heterocycles. The fraction of sp³-hybridized carbons (Fsp3) is 0.462. The molecule has 0 saturated heterocycles. The van der Waals surface area contributed by atoms with Gasteiger partial charge in [0, 0.05) is 4.88 Å². The van der Waals surface area contributed by atoms with Crippen LogP contribution in [-0.2, 0) is 16.1 Å². The average molecular weight is 266 g/mol. The van der Waals surface area contributed by atoms with E-state index < -0.39 is 0 Å². The first-order valence-corrected chi connectivity index (χ1v) is 6.59. The van der Waals surface area contributed by atoms with E-state index in [1.807, 2.05) is 26.0 Å². The molecule has 0 spiro atoms. The van der Waals surface area contributed by atoms with Crippen molar-refractivity contribution in [3.8, 4) is 11.8 Å². The summed E-state index contributed by atoms with van der Waals surface area (Å²) in [4.78, 5) is 13.4. The number of thiophene rings is 1. The van der Waals surface area contributed by atoms with Crippen molar-refractivity contribution in [2.75, 3.05) is 13.2 Å². The van der Waals surface area contributed by atoms with Crippen molar-refractivity contribution in [3.05, 3.63) is 21.9 Å². The van der Waals surface area contributed by atoms with E-state index in [9.17, 15) is 4.79 Å². The van der Waals surface area contributed by atoms with Gasteiger partial charge in [-0.2, -0.15) is 0 Å². The molecular weight excluding hydrogens is 248 g/mol. The van der Waals surface area contributed by atoms with E-state index in [4.69, 9.17) is 10.5 Å². The Bertz CT molecular complexity index is 443. The summed E-state index contributed by atoms with van der Waals surface area (Å²) in [6.45, 7) is 4.76. The van der Waals surface area contributed by atoms with Gasteiger partial charge in [-0.3, -0.25) is 4.79 Å². The van der Waals surface area contributed by atoms with Crippen LogP contribution in [0.4, 0.5) is 0 Å². The van der Waals surface area contributed by atoms with Crippen LogP contribution in [0.2, 0.25) is 0 Å². The summed E-state index contributed by atoms with van der Waals surface area (Å²) in [5.74, 6) is 5.65. The predicted octanol–water partition coefficient (Wildman–Crippen LogP) is 1.10. The van der Waals surface area contributed by atoms with Crippen LogP contribution in [0, 0.1) is 11.8 Å². The average Bonchev–Trinajstić information content (AvgIpc) is 2.79. The molecule has 0 radical (unpaired) electrons. The summed E-state index contributed by atoms with van der Waals surface area (Å²) in [5.41, 5.74) is 5.30. The molecule has 0 aliphatic rings. The summed E-state index contributed by atoms with van der Waals surface area (Å²) in [6.07, 6.45) is 0.0654. The SMILES string of the molecule is CC(C)OCC(=O)NCc1ccc(C#CCN)s1. The van der Waals surface area contributed by atoms with Crippen LogP contribution in [-0.4, -0.2) is 25.2 Å². The Balaban J connectivity index is 2.35. The number of carbonyl (C=O) groups excluding carboxylic acids is 1. The largest absolute Gasteiger partial charge is 0.369 e. The van der Waals surface area contributed by atoms with Gasteiger partial charge in [-0.05, 0) is 26.0 Å². The number of hydrogen-bond donors (Lipinski definition) is 2. The molecule has 0 fully saturated rings. The van der Waals surface area contributed by atoms with Gasteiger partial charge in [0.25, 0.3) is 0 Å². The highest BCUT2D eigenvalue weighted by molar-refractivity contribution is 7.12. The van der Waals surface area contributed by atoms with Gasteiger partial charge in [0.15, 0.2) is 0 Å². The summed E-state index contributed by atoms with van der Waals surface area (Å²) in [6, 6.07) is 3.88. The van der Waals surface area contributed by atoms with Gasteiger partial charge < -0.3 is 15.8 Å². The summed E-state index contributed by atoms with van der Waals surface area (Å²) < 4.78 is 5.21. The molecule has 18 heavy (non-hydrogen) atoms. The van der Waals surface area contributed by atoms with Crippen molar-refractivity contribution < 1.29 is 9.53 Å². The Labute approximate surface area is 112 Å². The van der Waals surface area contributed by atoms with Crippen molar-refractivity contribution in [3.63, 3.8) is 0 Å². The normalized spacial score (nSPS) is 10.0. The smallest absolute Gasteiger partial charge is 0.246 e. The number of carbonyl (C=O) groups is 1. The van der Waals surface area contributed by atoms with Crippen LogP contribution >= 0.6 is 11.3 Å². The van der Waals surface area contributed by atoms with Crippen molar-refractivity contribution in [1.82, 2.24) is 5.32 Å². The number of hydrogen-bond acceptors (Lipinski definition) is 4. The summed E-state index contributed by atoms with van der Waals surface area (Å²) in [5, 5.41) is 2.80. The van der Waals surface area contributed by atoms with Crippen LogP contribution in [0.1, 0.15) is 23.6 Å². The van der Waals surface area contributed by atoms with Crippen LogP contribution < -0.4 is 11.1 Å². The molecule has 1 aromatic heterocycles. The zero-order valence-corrected chi connectivity index (χ0v) is 11.5. The monoisotopic (exact) mass is 266 g/mol. The molecule has 98 valence electrons. The highest BCUT2D eigenvalue weighted by atomic mass is 32.1. The highest BCUT2D eigenvalue weighted by Crippen LogP contribution is 2.14. The molecule has 1 heterocycles. The molecule has 4 nitrogen and oxygen atoms in total. The second kappa shape index (κ2) is 7.88. The topological polar surface area (TPSA) is 64.3 Å². The van der Waals surface area contributed by atoms with Gasteiger partial charge in [0.1, 0.15) is 6.61 Å². The van der Waals surface area contributed by atoms with Crippen LogP contribution in [0.15, 0.2) is 12.1 Å². The molecule has 3 N–H and O–H groups in total. The van der Waals surface area contributed by atoms with Gasteiger partial charge in [-0.1, -0.05) is 11.8 Å². The number of amides is 1. The summed E-state index contributed by atoms with van der Waals surface area (Å²) >= 11 is 1.55. The maximum absolute atomic E-state index is 11.4. The Hall–Kier alpha value is -1.35. The third kappa shape index (κ3) is 5.82. The number of ether oxygens (including phenoxy) is 1. The Kier molecular flexibility index (Phi) is 6.44. The van der Waals surface area contributed by atoms with Crippen LogP contribution in [0.5, 0.6) is 0 Å².